The van der Waals surface area contributed by atoms with E-state index in [9.17, 15) is 4.79 Å². The molecule has 3 heterocycles. The third-order valence-corrected chi connectivity index (χ3v) is 8.42. The maximum atomic E-state index is 12.8. The molecule has 0 radical (unpaired) electrons. The Balaban J connectivity index is 1.55. The molecule has 2 fully saturated rings. The molecule has 0 saturated carbocycles. The number of carbonyl (C=O) groups is 1. The standard InChI is InChI=1S/C16H16N2OS3/c19-15(18-7-5-16(11-18)20-8-9-21-16)13-3-1-2-12(10-13)14-4-6-17-22-14/h1-4,6,10H,5,7-9,11H2. The van der Waals surface area contributed by atoms with Crippen molar-refractivity contribution < 1.29 is 4.79 Å². The maximum absolute atomic E-state index is 12.8. The van der Waals surface area contributed by atoms with E-state index in [1.54, 1.807) is 6.20 Å². The SMILES string of the molecule is O=C(c1cccc(-c2ccns2)c1)N1CCC2(C1)SCCS2. The molecule has 0 bridgehead atoms. The molecule has 2 aliphatic rings. The van der Waals surface area contributed by atoms with Crippen LogP contribution in [0.3, 0.4) is 0 Å². The molecule has 114 valence electrons. The van der Waals surface area contributed by atoms with E-state index in [-0.39, 0.29) is 9.99 Å². The molecule has 0 atom stereocenters. The Morgan fingerprint density at radius 2 is 2.09 bits per heavy atom. The molecule has 1 amide bonds. The molecular weight excluding hydrogens is 332 g/mol. The van der Waals surface area contributed by atoms with Crippen molar-refractivity contribution in [2.45, 2.75) is 10.5 Å². The summed E-state index contributed by atoms with van der Waals surface area (Å²) in [4.78, 5) is 15.9. The van der Waals surface area contributed by atoms with Crippen LogP contribution in [0, 0.1) is 0 Å². The summed E-state index contributed by atoms with van der Waals surface area (Å²) in [5, 5.41) is 0. The molecule has 22 heavy (non-hydrogen) atoms. The van der Waals surface area contributed by atoms with Gasteiger partial charge in [-0.25, -0.2) is 4.37 Å². The van der Waals surface area contributed by atoms with E-state index >= 15 is 0 Å². The highest BCUT2D eigenvalue weighted by Crippen LogP contribution is 2.49. The van der Waals surface area contributed by atoms with Gasteiger partial charge in [-0.05, 0) is 41.7 Å². The summed E-state index contributed by atoms with van der Waals surface area (Å²) in [6.45, 7) is 1.76. The summed E-state index contributed by atoms with van der Waals surface area (Å²) in [6, 6.07) is 9.92. The van der Waals surface area contributed by atoms with Crippen molar-refractivity contribution in [3.63, 3.8) is 0 Å². The summed E-state index contributed by atoms with van der Waals surface area (Å²) in [6.07, 6.45) is 2.91. The topological polar surface area (TPSA) is 33.2 Å². The Morgan fingerprint density at radius 3 is 2.86 bits per heavy atom. The Hall–Kier alpha value is -0.980. The van der Waals surface area contributed by atoms with Crippen LogP contribution in [0.2, 0.25) is 0 Å². The first-order valence-corrected chi connectivity index (χ1v) is 10.1. The predicted octanol–water partition coefficient (Wildman–Crippen LogP) is 3.83. The molecule has 2 aliphatic heterocycles. The molecule has 4 rings (SSSR count). The number of benzene rings is 1. The Morgan fingerprint density at radius 1 is 1.23 bits per heavy atom. The van der Waals surface area contributed by atoms with Crippen molar-refractivity contribution in [3.05, 3.63) is 42.1 Å². The van der Waals surface area contributed by atoms with Gasteiger partial charge in [-0.1, -0.05) is 12.1 Å². The fraction of sp³-hybridized carbons (Fsp3) is 0.375. The minimum Gasteiger partial charge on any atom is -0.336 e. The second-order valence-electron chi connectivity index (χ2n) is 5.54. The number of likely N-dealkylation sites (tertiary alicyclic amines) is 1. The van der Waals surface area contributed by atoms with Crippen LogP contribution in [0.5, 0.6) is 0 Å². The van der Waals surface area contributed by atoms with Gasteiger partial charge in [-0.15, -0.1) is 23.5 Å². The minimum atomic E-state index is 0.163. The molecule has 1 aromatic heterocycles. The Kier molecular flexibility index (Phi) is 3.92. The van der Waals surface area contributed by atoms with Gasteiger partial charge in [-0.2, -0.15) is 0 Å². The van der Waals surface area contributed by atoms with Crippen LogP contribution in [0.1, 0.15) is 16.8 Å². The van der Waals surface area contributed by atoms with Gasteiger partial charge in [0, 0.05) is 36.4 Å². The van der Waals surface area contributed by atoms with Crippen LogP contribution in [-0.2, 0) is 0 Å². The summed E-state index contributed by atoms with van der Waals surface area (Å²) in [5.74, 6) is 2.59. The zero-order valence-corrected chi connectivity index (χ0v) is 14.5. The summed E-state index contributed by atoms with van der Waals surface area (Å²) in [7, 11) is 0. The average Bonchev–Trinajstić information content (AvgIpc) is 3.30. The van der Waals surface area contributed by atoms with Gasteiger partial charge < -0.3 is 4.90 Å². The number of carbonyl (C=O) groups excluding carboxylic acids is 1. The largest absolute Gasteiger partial charge is 0.336 e. The van der Waals surface area contributed by atoms with E-state index in [2.05, 4.69) is 4.37 Å². The number of hydrogen-bond donors (Lipinski definition) is 0. The fourth-order valence-electron chi connectivity index (χ4n) is 3.01. The smallest absolute Gasteiger partial charge is 0.253 e. The number of rotatable bonds is 2. The number of amides is 1. The molecule has 6 heteroatoms. The van der Waals surface area contributed by atoms with E-state index < -0.39 is 0 Å². The van der Waals surface area contributed by atoms with Gasteiger partial charge in [0.2, 0.25) is 0 Å². The Labute approximate surface area is 142 Å². The minimum absolute atomic E-state index is 0.163. The summed E-state index contributed by atoms with van der Waals surface area (Å²) >= 11 is 5.53. The van der Waals surface area contributed by atoms with Gasteiger partial charge in [0.05, 0.1) is 8.96 Å². The van der Waals surface area contributed by atoms with Crippen LogP contribution in [0.15, 0.2) is 36.5 Å². The average molecular weight is 349 g/mol. The second kappa shape index (κ2) is 5.91. The van der Waals surface area contributed by atoms with Gasteiger partial charge in [-0.3, -0.25) is 4.79 Å². The van der Waals surface area contributed by atoms with E-state index in [1.807, 2.05) is 58.8 Å². The highest BCUT2D eigenvalue weighted by Gasteiger charge is 2.43. The van der Waals surface area contributed by atoms with Crippen molar-refractivity contribution >= 4 is 41.0 Å². The first-order valence-electron chi connectivity index (χ1n) is 7.34. The quantitative estimate of drug-likeness (QED) is 0.826. The van der Waals surface area contributed by atoms with Crippen LogP contribution in [-0.4, -0.2) is 43.9 Å². The van der Waals surface area contributed by atoms with Crippen LogP contribution in [0.4, 0.5) is 0 Å². The molecule has 2 saturated heterocycles. The number of nitrogens with zero attached hydrogens (tertiary/aromatic N) is 2. The molecule has 1 spiro atoms. The maximum Gasteiger partial charge on any atom is 0.253 e. The fourth-order valence-corrected chi connectivity index (χ4v) is 6.81. The first kappa shape index (κ1) is 14.6. The first-order chi connectivity index (χ1) is 10.8. The van der Waals surface area contributed by atoms with Gasteiger partial charge in [0.15, 0.2) is 0 Å². The van der Waals surface area contributed by atoms with Crippen molar-refractivity contribution in [1.29, 1.82) is 0 Å². The molecule has 3 nitrogen and oxygen atoms in total. The molecule has 0 N–H and O–H groups in total. The number of thioether (sulfide) groups is 2. The molecular formula is C16H16N2OS3. The lowest BCUT2D eigenvalue weighted by molar-refractivity contribution is 0.0792. The third kappa shape index (κ3) is 2.68. The lowest BCUT2D eigenvalue weighted by atomic mass is 10.1. The molecule has 1 aromatic carbocycles. The number of hydrogen-bond acceptors (Lipinski definition) is 5. The lowest BCUT2D eigenvalue weighted by Gasteiger charge is -2.22. The van der Waals surface area contributed by atoms with Crippen LogP contribution < -0.4 is 0 Å². The van der Waals surface area contributed by atoms with Gasteiger partial charge >= 0.3 is 0 Å². The van der Waals surface area contributed by atoms with Gasteiger partial charge in [0.1, 0.15) is 0 Å². The zero-order valence-electron chi connectivity index (χ0n) is 12.0. The van der Waals surface area contributed by atoms with E-state index in [1.165, 1.54) is 23.0 Å². The van der Waals surface area contributed by atoms with Crippen LogP contribution in [0.25, 0.3) is 10.4 Å². The van der Waals surface area contributed by atoms with Crippen molar-refractivity contribution in [2.24, 2.45) is 0 Å². The molecule has 2 aromatic rings. The highest BCUT2D eigenvalue weighted by molar-refractivity contribution is 8.21. The van der Waals surface area contributed by atoms with E-state index in [0.717, 1.165) is 35.5 Å². The summed E-state index contributed by atoms with van der Waals surface area (Å²) < 4.78 is 4.41. The van der Waals surface area contributed by atoms with Gasteiger partial charge in [0.25, 0.3) is 5.91 Å². The van der Waals surface area contributed by atoms with Crippen molar-refractivity contribution in [3.8, 4) is 10.4 Å². The lowest BCUT2D eigenvalue weighted by Crippen LogP contribution is -2.31. The van der Waals surface area contributed by atoms with Crippen molar-refractivity contribution in [1.82, 2.24) is 9.27 Å². The normalized spacial score (nSPS) is 19.9. The van der Waals surface area contributed by atoms with Crippen molar-refractivity contribution in [2.75, 3.05) is 24.6 Å². The molecule has 0 aliphatic carbocycles. The Bertz CT molecular complexity index is 680. The van der Waals surface area contributed by atoms with E-state index in [4.69, 9.17) is 0 Å². The number of aromatic nitrogens is 1. The predicted molar refractivity (Wildman–Crippen MR) is 95.7 cm³/mol. The second-order valence-corrected chi connectivity index (χ2v) is 9.59. The van der Waals surface area contributed by atoms with E-state index in [0.29, 0.717) is 0 Å². The summed E-state index contributed by atoms with van der Waals surface area (Å²) in [5.41, 5.74) is 1.86. The third-order valence-electron chi connectivity index (χ3n) is 4.13. The highest BCUT2D eigenvalue weighted by atomic mass is 32.2. The molecule has 0 unspecified atom stereocenters. The monoisotopic (exact) mass is 348 g/mol. The van der Waals surface area contributed by atoms with Crippen LogP contribution >= 0.6 is 35.1 Å². The zero-order chi connectivity index (χ0) is 15.0.